The van der Waals surface area contributed by atoms with Crippen LogP contribution in [-0.4, -0.2) is 9.55 Å². The van der Waals surface area contributed by atoms with E-state index in [-0.39, 0.29) is 11.2 Å². The third kappa shape index (κ3) is 1.48. The lowest BCUT2D eigenvalue weighted by molar-refractivity contribution is 0.727. The summed E-state index contributed by atoms with van der Waals surface area (Å²) in [6, 6.07) is 5.50. The zero-order valence-corrected chi connectivity index (χ0v) is 8.70. The van der Waals surface area contributed by atoms with Gasteiger partial charge in [0.2, 0.25) is 0 Å². The highest BCUT2D eigenvalue weighted by molar-refractivity contribution is 5.78. The zero-order valence-electron chi connectivity index (χ0n) is 8.70. The van der Waals surface area contributed by atoms with Crippen LogP contribution in [0.3, 0.4) is 0 Å². The minimum atomic E-state index is -0.348. The van der Waals surface area contributed by atoms with Crippen LogP contribution >= 0.6 is 0 Å². The molecule has 1 heterocycles. The first-order chi connectivity index (χ1) is 7.13. The lowest BCUT2D eigenvalue weighted by Crippen LogP contribution is -2.29. The molecule has 0 radical (unpaired) electrons. The second-order valence-corrected chi connectivity index (χ2v) is 3.52. The molecule has 2 rings (SSSR count). The smallest absolute Gasteiger partial charge is 0.294 e. The van der Waals surface area contributed by atoms with Crippen molar-refractivity contribution in [1.29, 1.82) is 0 Å². The summed E-state index contributed by atoms with van der Waals surface area (Å²) < 4.78 is 1.55. The number of aryl methyl sites for hydroxylation is 2. The van der Waals surface area contributed by atoms with Crippen LogP contribution in [0, 0.1) is 6.92 Å². The maximum atomic E-state index is 11.6. The SMILES string of the molecule is CCn1c(=O)[nH]c(=O)c2cc(C)ccc21. The third-order valence-corrected chi connectivity index (χ3v) is 2.47. The van der Waals surface area contributed by atoms with E-state index in [4.69, 9.17) is 0 Å². The van der Waals surface area contributed by atoms with Crippen LogP contribution in [0.2, 0.25) is 0 Å². The molecular formula is C11H12N2O2. The number of nitrogens with one attached hydrogen (secondary N) is 1. The number of fused-ring (bicyclic) bond motifs is 1. The normalized spacial score (nSPS) is 10.8. The van der Waals surface area contributed by atoms with Crippen molar-refractivity contribution in [1.82, 2.24) is 9.55 Å². The molecule has 0 unspecified atom stereocenters. The van der Waals surface area contributed by atoms with Gasteiger partial charge in [-0.25, -0.2) is 4.79 Å². The van der Waals surface area contributed by atoms with Crippen LogP contribution in [0.15, 0.2) is 27.8 Å². The van der Waals surface area contributed by atoms with Gasteiger partial charge in [-0.1, -0.05) is 11.6 Å². The predicted octanol–water partition coefficient (Wildman–Crippen LogP) is 1.02. The number of nitrogens with zero attached hydrogens (tertiary/aromatic N) is 1. The van der Waals surface area contributed by atoms with Crippen LogP contribution < -0.4 is 11.2 Å². The van der Waals surface area contributed by atoms with Crippen molar-refractivity contribution < 1.29 is 0 Å². The van der Waals surface area contributed by atoms with Gasteiger partial charge in [0.1, 0.15) is 0 Å². The highest BCUT2D eigenvalue weighted by Gasteiger charge is 2.05. The van der Waals surface area contributed by atoms with E-state index in [0.29, 0.717) is 17.4 Å². The molecule has 0 aliphatic rings. The van der Waals surface area contributed by atoms with E-state index >= 15 is 0 Å². The Balaban J connectivity index is 3.03. The average Bonchev–Trinajstić information content (AvgIpc) is 2.19. The van der Waals surface area contributed by atoms with Gasteiger partial charge in [0, 0.05) is 6.54 Å². The summed E-state index contributed by atoms with van der Waals surface area (Å²) in [5.74, 6) is 0. The van der Waals surface area contributed by atoms with E-state index in [2.05, 4.69) is 4.98 Å². The summed E-state index contributed by atoms with van der Waals surface area (Å²) in [4.78, 5) is 25.3. The summed E-state index contributed by atoms with van der Waals surface area (Å²) >= 11 is 0. The molecule has 0 saturated heterocycles. The van der Waals surface area contributed by atoms with Gasteiger partial charge in [-0.15, -0.1) is 0 Å². The van der Waals surface area contributed by atoms with Crippen molar-refractivity contribution in [2.45, 2.75) is 20.4 Å². The molecule has 0 fully saturated rings. The molecule has 0 bridgehead atoms. The molecular weight excluding hydrogens is 192 g/mol. The number of rotatable bonds is 1. The van der Waals surface area contributed by atoms with Gasteiger partial charge < -0.3 is 0 Å². The molecule has 78 valence electrons. The quantitative estimate of drug-likeness (QED) is 0.754. The van der Waals surface area contributed by atoms with Gasteiger partial charge in [0.15, 0.2) is 0 Å². The fraction of sp³-hybridized carbons (Fsp3) is 0.273. The van der Waals surface area contributed by atoms with E-state index in [0.717, 1.165) is 5.56 Å². The maximum Gasteiger partial charge on any atom is 0.328 e. The minimum absolute atomic E-state index is 0.316. The van der Waals surface area contributed by atoms with E-state index in [1.165, 1.54) is 0 Å². The standard InChI is InChI=1S/C11H12N2O2/c1-3-13-9-5-4-7(2)6-8(9)10(14)12-11(13)15/h4-6H,3H2,1-2H3,(H,12,14,15). The summed E-state index contributed by atoms with van der Waals surface area (Å²) in [5, 5.41) is 0.566. The Bertz CT molecular complexity index is 623. The third-order valence-electron chi connectivity index (χ3n) is 2.47. The van der Waals surface area contributed by atoms with Crippen LogP contribution in [0.5, 0.6) is 0 Å². The Labute approximate surface area is 86.2 Å². The molecule has 1 aromatic heterocycles. The Morgan fingerprint density at radius 2 is 2.07 bits per heavy atom. The predicted molar refractivity (Wildman–Crippen MR) is 59.2 cm³/mol. The maximum absolute atomic E-state index is 11.6. The van der Waals surface area contributed by atoms with Gasteiger partial charge in [-0.2, -0.15) is 0 Å². The summed E-state index contributed by atoms with van der Waals surface area (Å²) in [6.45, 7) is 4.34. The van der Waals surface area contributed by atoms with Crippen molar-refractivity contribution in [2.24, 2.45) is 0 Å². The molecule has 1 aromatic carbocycles. The molecule has 0 aliphatic heterocycles. The molecule has 0 aliphatic carbocycles. The zero-order chi connectivity index (χ0) is 11.0. The van der Waals surface area contributed by atoms with Gasteiger partial charge in [-0.3, -0.25) is 14.3 Å². The largest absolute Gasteiger partial charge is 0.328 e. The van der Waals surface area contributed by atoms with Crippen LogP contribution in [0.1, 0.15) is 12.5 Å². The second-order valence-electron chi connectivity index (χ2n) is 3.52. The molecule has 1 N–H and O–H groups in total. The van der Waals surface area contributed by atoms with E-state index in [1.54, 1.807) is 10.6 Å². The van der Waals surface area contributed by atoms with Crippen molar-refractivity contribution in [2.75, 3.05) is 0 Å². The Morgan fingerprint density at radius 3 is 2.73 bits per heavy atom. The van der Waals surface area contributed by atoms with Crippen LogP contribution in [-0.2, 0) is 6.54 Å². The number of benzene rings is 1. The van der Waals surface area contributed by atoms with Crippen molar-refractivity contribution >= 4 is 10.9 Å². The molecule has 15 heavy (non-hydrogen) atoms. The average molecular weight is 204 g/mol. The van der Waals surface area contributed by atoms with Gasteiger partial charge in [0.25, 0.3) is 5.56 Å². The van der Waals surface area contributed by atoms with Crippen LogP contribution in [0.25, 0.3) is 10.9 Å². The topological polar surface area (TPSA) is 54.9 Å². The number of H-pyrrole nitrogens is 1. The first kappa shape index (κ1) is 9.71. The van der Waals surface area contributed by atoms with Crippen molar-refractivity contribution in [3.63, 3.8) is 0 Å². The molecule has 0 saturated carbocycles. The number of hydrogen-bond donors (Lipinski definition) is 1. The van der Waals surface area contributed by atoms with Crippen molar-refractivity contribution in [3.05, 3.63) is 44.6 Å². The first-order valence-electron chi connectivity index (χ1n) is 4.87. The lowest BCUT2D eigenvalue weighted by Gasteiger charge is -2.06. The fourth-order valence-electron chi connectivity index (χ4n) is 1.72. The lowest BCUT2D eigenvalue weighted by atomic mass is 10.1. The summed E-state index contributed by atoms with van der Waals surface area (Å²) in [7, 11) is 0. The van der Waals surface area contributed by atoms with E-state index < -0.39 is 0 Å². The highest BCUT2D eigenvalue weighted by atomic mass is 16.2. The molecule has 4 nitrogen and oxygen atoms in total. The molecule has 4 heteroatoms. The Morgan fingerprint density at radius 1 is 1.33 bits per heavy atom. The van der Waals surface area contributed by atoms with Gasteiger partial charge in [-0.05, 0) is 26.0 Å². The number of aromatic nitrogens is 2. The number of hydrogen-bond acceptors (Lipinski definition) is 2. The summed E-state index contributed by atoms with van der Waals surface area (Å²) in [6.07, 6.45) is 0. The Kier molecular flexibility index (Phi) is 2.19. The van der Waals surface area contributed by atoms with Crippen LogP contribution in [0.4, 0.5) is 0 Å². The minimum Gasteiger partial charge on any atom is -0.294 e. The van der Waals surface area contributed by atoms with Crippen molar-refractivity contribution in [3.8, 4) is 0 Å². The Hall–Kier alpha value is -1.84. The van der Waals surface area contributed by atoms with E-state index in [1.807, 2.05) is 26.0 Å². The highest BCUT2D eigenvalue weighted by Crippen LogP contribution is 2.09. The monoisotopic (exact) mass is 204 g/mol. The van der Waals surface area contributed by atoms with Gasteiger partial charge >= 0.3 is 5.69 Å². The second kappa shape index (κ2) is 3.38. The molecule has 2 aromatic rings. The van der Waals surface area contributed by atoms with E-state index in [9.17, 15) is 9.59 Å². The van der Waals surface area contributed by atoms with Gasteiger partial charge in [0.05, 0.1) is 10.9 Å². The fourth-order valence-corrected chi connectivity index (χ4v) is 1.72. The molecule has 0 spiro atoms. The molecule has 0 amide bonds. The number of aromatic amines is 1. The first-order valence-corrected chi connectivity index (χ1v) is 4.87. The molecule has 0 atom stereocenters. The summed E-state index contributed by atoms with van der Waals surface area (Å²) in [5.41, 5.74) is 1.04.